The van der Waals surface area contributed by atoms with E-state index in [2.05, 4.69) is 6.92 Å². The molecule has 0 radical (unpaired) electrons. The summed E-state index contributed by atoms with van der Waals surface area (Å²) in [6, 6.07) is 5.48. The maximum atomic E-state index is 12.3. The molecule has 0 saturated heterocycles. The lowest BCUT2D eigenvalue weighted by Gasteiger charge is -2.07. The Morgan fingerprint density at radius 2 is 1.30 bits per heavy atom. The van der Waals surface area contributed by atoms with Crippen LogP contribution in [-0.2, 0) is 12.6 Å². The molecule has 0 bridgehead atoms. The maximum Gasteiger partial charge on any atom is 0.416 e. The first kappa shape index (κ1) is 21.3. The van der Waals surface area contributed by atoms with Gasteiger partial charge in [-0.05, 0) is 30.5 Å². The molecule has 0 aliphatic heterocycles. The van der Waals surface area contributed by atoms with Crippen molar-refractivity contribution in [2.45, 2.75) is 72.9 Å². The van der Waals surface area contributed by atoms with Crippen molar-refractivity contribution in [3.63, 3.8) is 0 Å². The molecule has 0 atom stereocenters. The van der Waals surface area contributed by atoms with E-state index in [1.807, 2.05) is 27.7 Å². The quantitative estimate of drug-likeness (QED) is 0.518. The summed E-state index contributed by atoms with van der Waals surface area (Å²) in [5.41, 5.74) is 0.425. The third-order valence-electron chi connectivity index (χ3n) is 2.60. The van der Waals surface area contributed by atoms with E-state index in [1.54, 1.807) is 12.1 Å². The Morgan fingerprint density at radius 1 is 0.800 bits per heavy atom. The predicted molar refractivity (Wildman–Crippen MR) is 82.0 cm³/mol. The lowest BCUT2D eigenvalue weighted by molar-refractivity contribution is -0.137. The van der Waals surface area contributed by atoms with Gasteiger partial charge in [0.2, 0.25) is 0 Å². The minimum atomic E-state index is -4.22. The minimum absolute atomic E-state index is 0.565. The van der Waals surface area contributed by atoms with Crippen molar-refractivity contribution in [2.75, 3.05) is 0 Å². The normalized spacial score (nSPS) is 10.0. The van der Waals surface area contributed by atoms with Crippen molar-refractivity contribution in [3.05, 3.63) is 35.4 Å². The largest absolute Gasteiger partial charge is 0.416 e. The number of hydrogen-bond acceptors (Lipinski definition) is 0. The molecule has 118 valence electrons. The van der Waals surface area contributed by atoms with Crippen LogP contribution in [0.15, 0.2) is 24.3 Å². The highest BCUT2D eigenvalue weighted by Crippen LogP contribution is 2.29. The summed E-state index contributed by atoms with van der Waals surface area (Å²) in [7, 11) is 0. The summed E-state index contributed by atoms with van der Waals surface area (Å²) < 4.78 is 36.8. The highest BCUT2D eigenvalue weighted by Gasteiger charge is 2.29. The first-order chi connectivity index (χ1) is 9.54. The minimum Gasteiger partial charge on any atom is -0.166 e. The van der Waals surface area contributed by atoms with Crippen molar-refractivity contribution >= 4 is 0 Å². The zero-order valence-corrected chi connectivity index (χ0v) is 13.5. The van der Waals surface area contributed by atoms with Crippen LogP contribution in [0.25, 0.3) is 0 Å². The highest BCUT2D eigenvalue weighted by atomic mass is 19.4. The summed E-state index contributed by atoms with van der Waals surface area (Å²) in [6.45, 7) is 10.1. The van der Waals surface area contributed by atoms with Crippen LogP contribution >= 0.6 is 0 Å². The van der Waals surface area contributed by atoms with E-state index < -0.39 is 11.7 Å². The van der Waals surface area contributed by atoms with Crippen molar-refractivity contribution in [3.8, 4) is 0 Å². The second-order valence-corrected chi connectivity index (χ2v) is 4.01. The molecule has 0 aromatic heterocycles. The van der Waals surface area contributed by atoms with Crippen LogP contribution in [0.5, 0.6) is 0 Å². The summed E-state index contributed by atoms with van der Waals surface area (Å²) in [5, 5.41) is 0. The average Bonchev–Trinajstić information content (AvgIpc) is 2.47. The van der Waals surface area contributed by atoms with Crippen LogP contribution < -0.4 is 0 Å². The molecular formula is C17H29F3. The Kier molecular flexibility index (Phi) is 13.9. The third-order valence-corrected chi connectivity index (χ3v) is 2.60. The zero-order chi connectivity index (χ0) is 16.0. The lowest BCUT2D eigenvalue weighted by Crippen LogP contribution is -2.04. The molecule has 3 heteroatoms. The first-order valence-electron chi connectivity index (χ1n) is 7.70. The van der Waals surface area contributed by atoms with Crippen LogP contribution in [0, 0.1) is 0 Å². The van der Waals surface area contributed by atoms with E-state index in [4.69, 9.17) is 0 Å². The summed E-state index contributed by atoms with van der Waals surface area (Å²) >= 11 is 0. The number of aryl methyl sites for hydroxylation is 1. The molecule has 1 rings (SSSR count). The fourth-order valence-electron chi connectivity index (χ4n) is 1.62. The average molecular weight is 290 g/mol. The Morgan fingerprint density at radius 3 is 1.70 bits per heavy atom. The molecule has 0 aliphatic rings. The van der Waals surface area contributed by atoms with Crippen molar-refractivity contribution < 1.29 is 13.2 Å². The predicted octanol–water partition coefficient (Wildman–Crippen LogP) is 6.88. The number of hydrogen-bond donors (Lipinski definition) is 0. The zero-order valence-electron chi connectivity index (χ0n) is 13.5. The molecule has 1 aromatic carbocycles. The SMILES string of the molecule is CC.CC.CCCCCCc1ccc(C(F)(F)F)cc1. The van der Waals surface area contributed by atoms with E-state index >= 15 is 0 Å². The molecular weight excluding hydrogens is 261 g/mol. The van der Waals surface area contributed by atoms with Gasteiger partial charge < -0.3 is 0 Å². The topological polar surface area (TPSA) is 0 Å². The van der Waals surface area contributed by atoms with Crippen molar-refractivity contribution in [2.24, 2.45) is 0 Å². The Hall–Kier alpha value is -0.990. The summed E-state index contributed by atoms with van der Waals surface area (Å²) in [6.07, 6.45) is 1.23. The van der Waals surface area contributed by atoms with Gasteiger partial charge >= 0.3 is 6.18 Å². The van der Waals surface area contributed by atoms with E-state index in [0.29, 0.717) is 0 Å². The van der Waals surface area contributed by atoms with Crippen LogP contribution in [-0.4, -0.2) is 0 Å². The van der Waals surface area contributed by atoms with Crippen LogP contribution in [0.3, 0.4) is 0 Å². The van der Waals surface area contributed by atoms with Gasteiger partial charge in [-0.25, -0.2) is 0 Å². The molecule has 0 aliphatic carbocycles. The second-order valence-electron chi connectivity index (χ2n) is 4.01. The molecule has 0 N–H and O–H groups in total. The molecule has 20 heavy (non-hydrogen) atoms. The van der Waals surface area contributed by atoms with Gasteiger partial charge in [0.15, 0.2) is 0 Å². The smallest absolute Gasteiger partial charge is 0.166 e. The molecule has 0 amide bonds. The van der Waals surface area contributed by atoms with Gasteiger partial charge in [0.1, 0.15) is 0 Å². The number of halogens is 3. The van der Waals surface area contributed by atoms with Gasteiger partial charge in [-0.15, -0.1) is 0 Å². The third kappa shape index (κ3) is 9.88. The molecule has 0 spiro atoms. The standard InChI is InChI=1S/C13H17F3.2C2H6/c1-2-3-4-5-6-11-7-9-12(10-8-11)13(14,15)16;2*1-2/h7-10H,2-6H2,1H3;2*1-2H3. The van der Waals surface area contributed by atoms with Gasteiger partial charge in [-0.2, -0.15) is 13.2 Å². The highest BCUT2D eigenvalue weighted by molar-refractivity contribution is 5.24. The summed E-state index contributed by atoms with van der Waals surface area (Å²) in [5.74, 6) is 0. The lowest BCUT2D eigenvalue weighted by atomic mass is 10.0. The molecule has 0 heterocycles. The molecule has 0 nitrogen and oxygen atoms in total. The van der Waals surface area contributed by atoms with Gasteiger partial charge in [-0.3, -0.25) is 0 Å². The van der Waals surface area contributed by atoms with E-state index in [1.165, 1.54) is 12.8 Å². The van der Waals surface area contributed by atoms with Gasteiger partial charge in [-0.1, -0.05) is 66.0 Å². The Bertz CT molecular complexity index is 299. The molecule has 0 unspecified atom stereocenters. The van der Waals surface area contributed by atoms with E-state index in [9.17, 15) is 13.2 Å². The second kappa shape index (κ2) is 13.0. The Labute approximate surface area is 122 Å². The Balaban J connectivity index is 0. The molecule has 0 fully saturated rings. The van der Waals surface area contributed by atoms with Crippen molar-refractivity contribution in [1.82, 2.24) is 0 Å². The first-order valence-corrected chi connectivity index (χ1v) is 7.70. The number of benzene rings is 1. The van der Waals surface area contributed by atoms with Crippen LogP contribution in [0.1, 0.15) is 71.4 Å². The number of alkyl halides is 3. The van der Waals surface area contributed by atoms with E-state index in [0.717, 1.165) is 37.0 Å². The van der Waals surface area contributed by atoms with Crippen molar-refractivity contribution in [1.29, 1.82) is 0 Å². The number of rotatable bonds is 5. The maximum absolute atomic E-state index is 12.3. The van der Waals surface area contributed by atoms with E-state index in [-0.39, 0.29) is 0 Å². The fraction of sp³-hybridized carbons (Fsp3) is 0.647. The van der Waals surface area contributed by atoms with Gasteiger partial charge in [0.25, 0.3) is 0 Å². The fourth-order valence-corrected chi connectivity index (χ4v) is 1.62. The molecule has 1 aromatic rings. The number of unbranched alkanes of at least 4 members (excludes halogenated alkanes) is 3. The van der Waals surface area contributed by atoms with Gasteiger partial charge in [0, 0.05) is 0 Å². The monoisotopic (exact) mass is 290 g/mol. The summed E-state index contributed by atoms with van der Waals surface area (Å²) in [4.78, 5) is 0. The van der Waals surface area contributed by atoms with Gasteiger partial charge in [0.05, 0.1) is 5.56 Å². The van der Waals surface area contributed by atoms with Crippen LogP contribution in [0.4, 0.5) is 13.2 Å². The van der Waals surface area contributed by atoms with Crippen LogP contribution in [0.2, 0.25) is 0 Å². The molecule has 0 saturated carbocycles.